The summed E-state index contributed by atoms with van der Waals surface area (Å²) >= 11 is 8.15. The molecule has 0 spiro atoms. The number of aliphatic carboxylic acids is 1. The Labute approximate surface area is 132 Å². The number of likely N-dealkylation sites (N-methyl/N-ethyl adjacent to an activating group) is 1. The zero-order chi connectivity index (χ0) is 15.0. The number of carboxylic acid groups (broad SMARTS) is 1. The summed E-state index contributed by atoms with van der Waals surface area (Å²) in [4.78, 5) is 16.5. The molecule has 1 aromatic heterocycles. The Hall–Kier alpha value is -1.14. The number of thiophene rings is 1. The Balaban J connectivity index is 1.79. The number of rotatable bonds is 3. The lowest BCUT2D eigenvalue weighted by molar-refractivity contribution is -0.145. The van der Waals surface area contributed by atoms with Crippen molar-refractivity contribution >= 4 is 39.0 Å². The van der Waals surface area contributed by atoms with Crippen molar-refractivity contribution in [3.63, 3.8) is 0 Å². The van der Waals surface area contributed by atoms with Crippen molar-refractivity contribution in [1.29, 1.82) is 0 Å². The van der Waals surface area contributed by atoms with Gasteiger partial charge in [0.1, 0.15) is 6.04 Å². The topological polar surface area (TPSA) is 43.8 Å². The maximum absolute atomic E-state index is 11.3. The van der Waals surface area contributed by atoms with Gasteiger partial charge in [0.2, 0.25) is 0 Å². The average molecular weight is 325 g/mol. The minimum Gasteiger partial charge on any atom is -0.480 e. The van der Waals surface area contributed by atoms with E-state index < -0.39 is 12.0 Å². The third-order valence-electron chi connectivity index (χ3n) is 3.99. The number of piperazine rings is 1. The monoisotopic (exact) mass is 324 g/mol. The predicted octanol–water partition coefficient (Wildman–Crippen LogP) is 2.76. The average Bonchev–Trinajstić information content (AvgIpc) is 2.78. The molecule has 0 bridgehead atoms. The second-order valence-corrected chi connectivity index (χ2v) is 6.92. The molecule has 0 amide bonds. The van der Waals surface area contributed by atoms with Crippen molar-refractivity contribution < 1.29 is 9.90 Å². The second kappa shape index (κ2) is 5.93. The predicted molar refractivity (Wildman–Crippen MR) is 86.2 cm³/mol. The lowest BCUT2D eigenvalue weighted by Crippen LogP contribution is -2.54. The number of hydrogen-bond acceptors (Lipinski definition) is 4. The molecule has 1 N–H and O–H groups in total. The summed E-state index contributed by atoms with van der Waals surface area (Å²) in [7, 11) is 1.86. The Bertz CT molecular complexity index is 673. The lowest BCUT2D eigenvalue weighted by atomic mass is 10.1. The molecule has 4 nitrogen and oxygen atoms in total. The van der Waals surface area contributed by atoms with Gasteiger partial charge in [-0.3, -0.25) is 14.6 Å². The Morgan fingerprint density at radius 3 is 2.90 bits per heavy atom. The molecule has 6 heteroatoms. The summed E-state index contributed by atoms with van der Waals surface area (Å²) in [6, 6.07) is 7.66. The molecule has 0 aliphatic carbocycles. The Morgan fingerprint density at radius 2 is 2.19 bits per heavy atom. The zero-order valence-electron chi connectivity index (χ0n) is 11.8. The summed E-state index contributed by atoms with van der Waals surface area (Å²) in [6.07, 6.45) is 0. The standard InChI is InChI=1S/C15H17ClN2O2S/c1-17-6-7-18(8-11(17)15(19)20)9-13-14(16)10-4-2-3-5-12(10)21-13/h2-5,11H,6-9H2,1H3,(H,19,20)/t11-/m1/s1. The number of nitrogens with zero attached hydrogens (tertiary/aromatic N) is 2. The highest BCUT2D eigenvalue weighted by atomic mass is 35.5. The Kier molecular flexibility index (Phi) is 4.17. The highest BCUT2D eigenvalue weighted by Crippen LogP contribution is 2.36. The van der Waals surface area contributed by atoms with Crippen LogP contribution in [0.25, 0.3) is 10.1 Å². The van der Waals surface area contributed by atoms with Crippen molar-refractivity contribution in [2.75, 3.05) is 26.7 Å². The van der Waals surface area contributed by atoms with Gasteiger partial charge in [0.15, 0.2) is 0 Å². The van der Waals surface area contributed by atoms with Gasteiger partial charge in [-0.2, -0.15) is 0 Å². The van der Waals surface area contributed by atoms with Crippen LogP contribution >= 0.6 is 22.9 Å². The fraction of sp³-hybridized carbons (Fsp3) is 0.400. The minimum absolute atomic E-state index is 0.438. The first-order chi connectivity index (χ1) is 10.1. The van der Waals surface area contributed by atoms with Gasteiger partial charge in [-0.25, -0.2) is 0 Å². The highest BCUT2D eigenvalue weighted by molar-refractivity contribution is 7.19. The molecule has 0 saturated carbocycles. The third-order valence-corrected chi connectivity index (χ3v) is 5.69. The van der Waals surface area contributed by atoms with Crippen molar-refractivity contribution in [2.45, 2.75) is 12.6 Å². The number of fused-ring (bicyclic) bond motifs is 1. The highest BCUT2D eigenvalue weighted by Gasteiger charge is 2.30. The first kappa shape index (κ1) is 14.8. The zero-order valence-corrected chi connectivity index (χ0v) is 13.3. The van der Waals surface area contributed by atoms with E-state index in [9.17, 15) is 9.90 Å². The van der Waals surface area contributed by atoms with Crippen LogP contribution < -0.4 is 0 Å². The molecule has 2 heterocycles. The molecule has 1 fully saturated rings. The molecular formula is C15H17ClN2O2S. The fourth-order valence-corrected chi connectivity index (χ4v) is 4.25. The van der Waals surface area contributed by atoms with Crippen LogP contribution in [0.3, 0.4) is 0 Å². The van der Waals surface area contributed by atoms with E-state index in [1.807, 2.05) is 30.1 Å². The first-order valence-electron chi connectivity index (χ1n) is 6.87. The van der Waals surface area contributed by atoms with E-state index in [0.717, 1.165) is 34.9 Å². The molecular weight excluding hydrogens is 308 g/mol. The van der Waals surface area contributed by atoms with Crippen molar-refractivity contribution in [3.05, 3.63) is 34.2 Å². The van der Waals surface area contributed by atoms with Gasteiger partial charge in [0, 0.05) is 41.1 Å². The SMILES string of the molecule is CN1CCN(Cc2sc3ccccc3c2Cl)C[C@@H]1C(=O)O. The maximum Gasteiger partial charge on any atom is 0.322 e. The van der Waals surface area contributed by atoms with Crippen molar-refractivity contribution in [3.8, 4) is 0 Å². The molecule has 1 aromatic carbocycles. The van der Waals surface area contributed by atoms with Gasteiger partial charge in [-0.15, -0.1) is 11.3 Å². The van der Waals surface area contributed by atoms with Crippen molar-refractivity contribution in [2.24, 2.45) is 0 Å². The summed E-state index contributed by atoms with van der Waals surface area (Å²) in [5, 5.41) is 11.2. The number of carboxylic acids is 1. The summed E-state index contributed by atoms with van der Waals surface area (Å²) in [6.45, 7) is 2.89. The van der Waals surface area contributed by atoms with Crippen LogP contribution in [0.5, 0.6) is 0 Å². The molecule has 0 unspecified atom stereocenters. The minimum atomic E-state index is -0.760. The second-order valence-electron chi connectivity index (χ2n) is 5.41. The number of carbonyl (C=O) groups is 1. The van der Waals surface area contributed by atoms with Crippen LogP contribution in [0, 0.1) is 0 Å². The van der Waals surface area contributed by atoms with E-state index in [1.165, 1.54) is 4.70 Å². The largest absolute Gasteiger partial charge is 0.480 e. The molecule has 2 aromatic rings. The van der Waals surface area contributed by atoms with E-state index in [2.05, 4.69) is 11.0 Å². The molecule has 3 rings (SSSR count). The van der Waals surface area contributed by atoms with E-state index in [-0.39, 0.29) is 0 Å². The molecule has 1 atom stereocenters. The molecule has 0 radical (unpaired) electrons. The molecule has 1 saturated heterocycles. The summed E-state index contributed by atoms with van der Waals surface area (Å²) < 4.78 is 1.18. The fourth-order valence-electron chi connectivity index (χ4n) is 2.71. The molecule has 21 heavy (non-hydrogen) atoms. The van der Waals surface area contributed by atoms with Gasteiger partial charge in [0.25, 0.3) is 0 Å². The Morgan fingerprint density at radius 1 is 1.43 bits per heavy atom. The first-order valence-corrected chi connectivity index (χ1v) is 8.07. The summed E-state index contributed by atoms with van der Waals surface area (Å²) in [5.74, 6) is -0.760. The van der Waals surface area contributed by atoms with Gasteiger partial charge in [-0.05, 0) is 13.1 Å². The van der Waals surface area contributed by atoms with E-state index in [4.69, 9.17) is 11.6 Å². The number of benzene rings is 1. The van der Waals surface area contributed by atoms with E-state index in [1.54, 1.807) is 11.3 Å². The quantitative estimate of drug-likeness (QED) is 0.943. The summed E-state index contributed by atoms with van der Waals surface area (Å²) in [5.41, 5.74) is 0. The normalized spacial score (nSPS) is 21.0. The lowest BCUT2D eigenvalue weighted by Gasteiger charge is -2.36. The van der Waals surface area contributed by atoms with Crippen LogP contribution in [-0.2, 0) is 11.3 Å². The number of hydrogen-bond donors (Lipinski definition) is 1. The third kappa shape index (κ3) is 2.92. The maximum atomic E-state index is 11.3. The van der Waals surface area contributed by atoms with Crippen LogP contribution in [0.4, 0.5) is 0 Å². The van der Waals surface area contributed by atoms with Crippen molar-refractivity contribution in [1.82, 2.24) is 9.80 Å². The number of halogens is 1. The van der Waals surface area contributed by atoms with Gasteiger partial charge >= 0.3 is 5.97 Å². The molecule has 112 valence electrons. The van der Waals surface area contributed by atoms with Gasteiger partial charge in [-0.1, -0.05) is 29.8 Å². The van der Waals surface area contributed by atoms with Crippen LogP contribution in [-0.4, -0.2) is 53.6 Å². The smallest absolute Gasteiger partial charge is 0.322 e. The van der Waals surface area contributed by atoms with Gasteiger partial charge < -0.3 is 5.11 Å². The van der Waals surface area contributed by atoms with Gasteiger partial charge in [0.05, 0.1) is 5.02 Å². The van der Waals surface area contributed by atoms with E-state index in [0.29, 0.717) is 6.54 Å². The molecule has 1 aliphatic heterocycles. The van der Waals surface area contributed by atoms with Crippen LogP contribution in [0.1, 0.15) is 4.88 Å². The van der Waals surface area contributed by atoms with Crippen LogP contribution in [0.15, 0.2) is 24.3 Å². The molecule has 1 aliphatic rings. The van der Waals surface area contributed by atoms with E-state index >= 15 is 0 Å². The van der Waals surface area contributed by atoms with Crippen LogP contribution in [0.2, 0.25) is 5.02 Å².